The second-order valence-corrected chi connectivity index (χ2v) is 8.31. The maximum atomic E-state index is 12.2. The van der Waals surface area contributed by atoms with Crippen LogP contribution in [0.15, 0.2) is 6.07 Å². The summed E-state index contributed by atoms with van der Waals surface area (Å²) in [6.45, 7) is 7.56. The molecular weight excluding hydrogens is 370 g/mol. The molecule has 1 aromatic heterocycles. The van der Waals surface area contributed by atoms with Crippen molar-refractivity contribution in [3.05, 3.63) is 16.9 Å². The zero-order chi connectivity index (χ0) is 20.2. The van der Waals surface area contributed by atoms with Crippen LogP contribution < -0.4 is 5.32 Å². The molecule has 9 heteroatoms. The molecule has 27 heavy (non-hydrogen) atoms. The number of amides is 2. The average Bonchev–Trinajstić information content (AvgIpc) is 2.58. The highest BCUT2D eigenvalue weighted by atomic mass is 35.5. The third kappa shape index (κ3) is 6.23. The molecule has 0 spiro atoms. The Morgan fingerprint density at radius 1 is 1.30 bits per heavy atom. The second kappa shape index (κ2) is 8.73. The summed E-state index contributed by atoms with van der Waals surface area (Å²) in [7, 11) is 3.32. The number of hydrogen-bond acceptors (Lipinski definition) is 6. The van der Waals surface area contributed by atoms with E-state index in [4.69, 9.17) is 16.3 Å². The van der Waals surface area contributed by atoms with Crippen molar-refractivity contribution in [2.24, 2.45) is 5.92 Å². The van der Waals surface area contributed by atoms with Gasteiger partial charge in [0.1, 0.15) is 5.60 Å². The summed E-state index contributed by atoms with van der Waals surface area (Å²) < 4.78 is 5.42. The predicted octanol–water partition coefficient (Wildman–Crippen LogP) is 2.89. The van der Waals surface area contributed by atoms with Crippen LogP contribution in [-0.2, 0) is 4.74 Å². The topological polar surface area (TPSA) is 87.7 Å². The van der Waals surface area contributed by atoms with Crippen molar-refractivity contribution < 1.29 is 14.3 Å². The Morgan fingerprint density at radius 3 is 2.48 bits per heavy atom. The maximum Gasteiger partial charge on any atom is 0.410 e. The molecule has 0 atom stereocenters. The first kappa shape index (κ1) is 21.2. The van der Waals surface area contributed by atoms with Gasteiger partial charge in [-0.15, -0.1) is 10.2 Å². The van der Waals surface area contributed by atoms with Crippen LogP contribution in [0.4, 0.5) is 10.5 Å². The molecule has 0 radical (unpaired) electrons. The molecule has 0 unspecified atom stereocenters. The summed E-state index contributed by atoms with van der Waals surface area (Å²) in [4.78, 5) is 27.6. The van der Waals surface area contributed by atoms with Gasteiger partial charge in [-0.1, -0.05) is 11.6 Å². The fourth-order valence-corrected chi connectivity index (χ4v) is 2.92. The number of aromatic nitrogens is 2. The maximum absolute atomic E-state index is 12.2. The summed E-state index contributed by atoms with van der Waals surface area (Å²) in [5, 5.41) is 11.2. The molecule has 8 nitrogen and oxygen atoms in total. The predicted molar refractivity (Wildman–Crippen MR) is 104 cm³/mol. The van der Waals surface area contributed by atoms with Gasteiger partial charge in [0.15, 0.2) is 10.8 Å². The SMILES string of the molecule is CN(C)C(=O)c1nnc(Cl)cc1NCC1CCN(C(=O)OC(C)(C)C)CC1. The first-order chi connectivity index (χ1) is 12.6. The first-order valence-corrected chi connectivity index (χ1v) is 9.41. The summed E-state index contributed by atoms with van der Waals surface area (Å²) >= 11 is 5.93. The van der Waals surface area contributed by atoms with Crippen LogP contribution in [0.25, 0.3) is 0 Å². The Hall–Kier alpha value is -2.09. The lowest BCUT2D eigenvalue weighted by Crippen LogP contribution is -2.42. The number of carbonyl (C=O) groups excluding carboxylic acids is 2. The van der Waals surface area contributed by atoms with Crippen LogP contribution in [0.1, 0.15) is 44.1 Å². The van der Waals surface area contributed by atoms with Gasteiger partial charge in [0.2, 0.25) is 0 Å². The zero-order valence-electron chi connectivity index (χ0n) is 16.6. The van der Waals surface area contributed by atoms with E-state index in [2.05, 4.69) is 15.5 Å². The minimum absolute atomic E-state index is 0.229. The third-order valence-corrected chi connectivity index (χ3v) is 4.40. The smallest absolute Gasteiger partial charge is 0.410 e. The van der Waals surface area contributed by atoms with Crippen LogP contribution in [0.3, 0.4) is 0 Å². The van der Waals surface area contributed by atoms with Crippen molar-refractivity contribution in [2.45, 2.75) is 39.2 Å². The molecule has 1 aliphatic heterocycles. The van der Waals surface area contributed by atoms with Crippen molar-refractivity contribution in [1.82, 2.24) is 20.0 Å². The van der Waals surface area contributed by atoms with Crippen molar-refractivity contribution in [2.75, 3.05) is 39.0 Å². The molecule has 1 fully saturated rings. The number of anilines is 1. The van der Waals surface area contributed by atoms with E-state index in [0.717, 1.165) is 12.8 Å². The largest absolute Gasteiger partial charge is 0.444 e. The molecule has 2 heterocycles. The van der Waals surface area contributed by atoms with Gasteiger partial charge in [-0.05, 0) is 39.5 Å². The van der Waals surface area contributed by atoms with Crippen LogP contribution >= 0.6 is 11.6 Å². The molecular formula is C18H28ClN5O3. The summed E-state index contributed by atoms with van der Waals surface area (Å²) in [6, 6.07) is 1.61. The number of nitrogens with zero attached hydrogens (tertiary/aromatic N) is 4. The Balaban J connectivity index is 1.91. The highest BCUT2D eigenvalue weighted by Gasteiger charge is 2.27. The van der Waals surface area contributed by atoms with Gasteiger partial charge in [-0.25, -0.2) is 4.79 Å². The highest BCUT2D eigenvalue weighted by Crippen LogP contribution is 2.22. The molecule has 0 aromatic carbocycles. The number of ether oxygens (including phenoxy) is 1. The Kier molecular flexibility index (Phi) is 6.86. The van der Waals surface area contributed by atoms with Crippen LogP contribution in [-0.4, -0.2) is 71.3 Å². The number of halogens is 1. The minimum atomic E-state index is -0.488. The number of carbonyl (C=O) groups is 2. The van der Waals surface area contributed by atoms with Crippen LogP contribution in [0, 0.1) is 5.92 Å². The fourth-order valence-electron chi connectivity index (χ4n) is 2.77. The molecule has 0 saturated carbocycles. The molecule has 1 aromatic rings. The van der Waals surface area contributed by atoms with E-state index in [1.165, 1.54) is 4.90 Å². The second-order valence-electron chi connectivity index (χ2n) is 7.92. The Bertz CT molecular complexity index is 682. The molecule has 2 rings (SSSR count). The number of rotatable bonds is 4. The fraction of sp³-hybridized carbons (Fsp3) is 0.667. The lowest BCUT2D eigenvalue weighted by atomic mass is 9.97. The number of nitrogens with one attached hydrogen (secondary N) is 1. The zero-order valence-corrected chi connectivity index (χ0v) is 17.3. The summed E-state index contributed by atoms with van der Waals surface area (Å²) in [5.74, 6) is 0.138. The van der Waals surface area contributed by atoms with Gasteiger partial charge in [0, 0.05) is 39.8 Å². The lowest BCUT2D eigenvalue weighted by Gasteiger charge is -2.33. The van der Waals surface area contributed by atoms with Gasteiger partial charge in [0.05, 0.1) is 5.69 Å². The standard InChI is InChI=1S/C18H28ClN5O3/c1-18(2,3)27-17(26)24-8-6-12(7-9-24)11-20-13-10-14(19)21-22-15(13)16(25)23(4)5/h10,12H,6-9,11H2,1-5H3,(H,20,21). The van der Waals surface area contributed by atoms with E-state index in [1.54, 1.807) is 25.1 Å². The van der Waals surface area contributed by atoms with E-state index in [-0.39, 0.29) is 22.8 Å². The van der Waals surface area contributed by atoms with Crippen molar-refractivity contribution in [3.8, 4) is 0 Å². The van der Waals surface area contributed by atoms with Gasteiger partial charge in [-0.3, -0.25) is 4.79 Å². The molecule has 0 bridgehead atoms. The quantitative estimate of drug-likeness (QED) is 0.840. The Labute approximate surface area is 165 Å². The highest BCUT2D eigenvalue weighted by molar-refractivity contribution is 6.29. The van der Waals surface area contributed by atoms with Gasteiger partial charge >= 0.3 is 6.09 Å². The number of likely N-dealkylation sites (tertiary alicyclic amines) is 1. The van der Waals surface area contributed by atoms with Crippen molar-refractivity contribution in [3.63, 3.8) is 0 Å². The molecule has 150 valence electrons. The monoisotopic (exact) mass is 397 g/mol. The van der Waals surface area contributed by atoms with Crippen molar-refractivity contribution >= 4 is 29.3 Å². The molecule has 1 N–H and O–H groups in total. The first-order valence-electron chi connectivity index (χ1n) is 9.03. The Morgan fingerprint density at radius 2 is 1.93 bits per heavy atom. The normalized spacial score (nSPS) is 15.4. The van der Waals surface area contributed by atoms with Crippen molar-refractivity contribution in [1.29, 1.82) is 0 Å². The van der Waals surface area contributed by atoms with Gasteiger partial charge in [-0.2, -0.15) is 0 Å². The van der Waals surface area contributed by atoms with E-state index >= 15 is 0 Å². The van der Waals surface area contributed by atoms with Crippen LogP contribution in [0.2, 0.25) is 5.15 Å². The number of hydrogen-bond donors (Lipinski definition) is 1. The number of piperidine rings is 1. The summed E-state index contributed by atoms with van der Waals surface area (Å²) in [5.41, 5.74) is 0.331. The average molecular weight is 398 g/mol. The molecule has 1 aliphatic rings. The molecule has 0 aliphatic carbocycles. The van der Waals surface area contributed by atoms with E-state index in [1.807, 2.05) is 20.8 Å². The minimum Gasteiger partial charge on any atom is -0.444 e. The molecule has 1 saturated heterocycles. The third-order valence-electron chi connectivity index (χ3n) is 4.22. The lowest BCUT2D eigenvalue weighted by molar-refractivity contribution is 0.0188. The summed E-state index contributed by atoms with van der Waals surface area (Å²) in [6.07, 6.45) is 1.45. The molecule has 2 amide bonds. The van der Waals surface area contributed by atoms with Gasteiger partial charge in [0.25, 0.3) is 5.91 Å². The van der Waals surface area contributed by atoms with E-state index in [0.29, 0.717) is 31.2 Å². The van der Waals surface area contributed by atoms with Gasteiger partial charge < -0.3 is 19.9 Å². The van der Waals surface area contributed by atoms with Crippen LogP contribution in [0.5, 0.6) is 0 Å². The van der Waals surface area contributed by atoms with E-state index < -0.39 is 5.60 Å². The van der Waals surface area contributed by atoms with E-state index in [9.17, 15) is 9.59 Å².